The van der Waals surface area contributed by atoms with Crippen LogP contribution in [0.15, 0.2) is 17.8 Å². The molecular weight excluding hydrogens is 799 g/mol. The molecule has 1 aliphatic heterocycles. The molecule has 0 bridgehead atoms. The molecule has 0 unspecified atom stereocenters. The molecule has 7 rings (SSSR count). The summed E-state index contributed by atoms with van der Waals surface area (Å²) >= 11 is 0. The number of aliphatic hydroxyl groups excluding tert-OH is 1. The van der Waals surface area contributed by atoms with Gasteiger partial charge in [-0.1, -0.05) is 65.3 Å². The van der Waals surface area contributed by atoms with Gasteiger partial charge in [-0.3, -0.25) is 24.0 Å². The van der Waals surface area contributed by atoms with Crippen LogP contribution < -0.4 is 0 Å². The van der Waals surface area contributed by atoms with Gasteiger partial charge in [-0.15, -0.1) is 5.10 Å². The highest BCUT2D eigenvalue weighted by Gasteiger charge is 2.69. The zero-order chi connectivity index (χ0) is 45.4. The van der Waals surface area contributed by atoms with Crippen molar-refractivity contribution in [2.75, 3.05) is 6.61 Å². The van der Waals surface area contributed by atoms with E-state index in [1.165, 1.54) is 30.3 Å². The highest BCUT2D eigenvalue weighted by Crippen LogP contribution is 2.76. The van der Waals surface area contributed by atoms with Gasteiger partial charge in [0.25, 0.3) is 0 Å². The van der Waals surface area contributed by atoms with Crippen molar-refractivity contribution >= 4 is 29.8 Å². The molecule has 0 amide bonds. The molecule has 13 atom stereocenters. The number of allylic oxidation sites excluding steroid dienone is 2. The highest BCUT2D eigenvalue weighted by atomic mass is 16.7. The van der Waals surface area contributed by atoms with Gasteiger partial charge in [-0.05, 0) is 109 Å². The van der Waals surface area contributed by atoms with Crippen LogP contribution in [0.1, 0.15) is 152 Å². The number of hydrogen-bond donors (Lipinski definition) is 1. The third kappa shape index (κ3) is 7.78. The van der Waals surface area contributed by atoms with E-state index < -0.39 is 59.9 Å². The standard InChI is InChI=1S/C47H69N3O12/c1-26(51)57-25-33-37(59-27(2)52)38(60-28(3)53)39(61-29(4)54)40(62-33)50-23-30(48-49-50)24-58-41(56)47-20-18-42(5,6)22-32(47)31-12-13-35-44(9)16-15-36(55)43(7,8)34(44)14-17-46(35,11)45(31,10)19-21-47/h12,23,32-40,55H,13-22,24-25H2,1-11H3/t32-,33+,34-,35+,36-,37+,38-,39+,40+,44-,45+,46+,47-/m0/s1. The lowest BCUT2D eigenvalue weighted by Gasteiger charge is -2.71. The lowest BCUT2D eigenvalue weighted by atomic mass is 9.33. The molecule has 62 heavy (non-hydrogen) atoms. The summed E-state index contributed by atoms with van der Waals surface area (Å²) in [7, 11) is 0. The first-order valence-corrected chi connectivity index (χ1v) is 22.7. The monoisotopic (exact) mass is 867 g/mol. The number of aliphatic hydroxyl groups is 1. The van der Waals surface area contributed by atoms with Gasteiger partial charge < -0.3 is 33.5 Å². The van der Waals surface area contributed by atoms with E-state index in [0.29, 0.717) is 17.5 Å². The molecule has 15 nitrogen and oxygen atoms in total. The van der Waals surface area contributed by atoms with Crippen LogP contribution in [-0.2, 0) is 59.0 Å². The Bertz CT molecular complexity index is 1980. The number of fused-ring (bicyclic) bond motifs is 7. The van der Waals surface area contributed by atoms with E-state index in [0.717, 1.165) is 78.1 Å². The molecule has 344 valence electrons. The Balaban J connectivity index is 1.14. The second-order valence-electron chi connectivity index (χ2n) is 21.6. The van der Waals surface area contributed by atoms with Crippen LogP contribution in [0.4, 0.5) is 0 Å². The number of nitrogens with zero attached hydrogens (tertiary/aromatic N) is 3. The van der Waals surface area contributed by atoms with Crippen LogP contribution in [0.5, 0.6) is 0 Å². The molecule has 2 heterocycles. The Morgan fingerprint density at radius 2 is 1.42 bits per heavy atom. The molecule has 4 saturated carbocycles. The summed E-state index contributed by atoms with van der Waals surface area (Å²) in [5.41, 5.74) is 1.03. The molecular formula is C47H69N3O12. The van der Waals surface area contributed by atoms with E-state index in [1.807, 2.05) is 0 Å². The fourth-order valence-electron chi connectivity index (χ4n) is 13.8. The third-order valence-electron chi connectivity index (χ3n) is 17.2. The highest BCUT2D eigenvalue weighted by molar-refractivity contribution is 5.79. The van der Waals surface area contributed by atoms with Crippen LogP contribution in [0, 0.1) is 50.2 Å². The molecule has 1 saturated heterocycles. The van der Waals surface area contributed by atoms with Crippen molar-refractivity contribution in [3.63, 3.8) is 0 Å². The van der Waals surface area contributed by atoms with E-state index in [-0.39, 0.29) is 58.3 Å². The molecule has 1 aromatic heterocycles. The van der Waals surface area contributed by atoms with E-state index in [9.17, 15) is 29.1 Å². The molecule has 5 fully saturated rings. The van der Waals surface area contributed by atoms with Crippen LogP contribution >= 0.6 is 0 Å². The number of esters is 5. The Morgan fingerprint density at radius 3 is 2.08 bits per heavy atom. The number of carbonyl (C=O) groups excluding carboxylic acids is 5. The average Bonchev–Trinajstić information content (AvgIpc) is 3.64. The molecule has 0 aromatic carbocycles. The summed E-state index contributed by atoms with van der Waals surface area (Å²) in [6.45, 7) is 20.8. The van der Waals surface area contributed by atoms with Crippen molar-refractivity contribution < 1.29 is 57.5 Å². The first kappa shape index (κ1) is 46.2. The van der Waals surface area contributed by atoms with E-state index in [2.05, 4.69) is 64.9 Å². The van der Waals surface area contributed by atoms with Gasteiger partial charge in [0.2, 0.25) is 0 Å². The Labute approximate surface area is 365 Å². The number of ether oxygens (including phenoxy) is 6. The lowest BCUT2D eigenvalue weighted by Crippen LogP contribution is -2.65. The number of rotatable bonds is 9. The Morgan fingerprint density at radius 1 is 0.774 bits per heavy atom. The first-order chi connectivity index (χ1) is 28.9. The smallest absolute Gasteiger partial charge is 0.313 e. The van der Waals surface area contributed by atoms with Gasteiger partial charge in [0, 0.05) is 27.7 Å². The molecule has 6 aliphatic rings. The van der Waals surface area contributed by atoms with E-state index in [1.54, 1.807) is 0 Å². The summed E-state index contributed by atoms with van der Waals surface area (Å²) < 4.78 is 35.7. The molecule has 15 heteroatoms. The molecule has 1 aromatic rings. The van der Waals surface area contributed by atoms with Gasteiger partial charge >= 0.3 is 29.8 Å². The summed E-state index contributed by atoms with van der Waals surface area (Å²) in [5.74, 6) is -2.12. The second kappa shape index (κ2) is 16.3. The minimum atomic E-state index is -1.37. The maximum Gasteiger partial charge on any atom is 0.313 e. The van der Waals surface area contributed by atoms with Crippen molar-refractivity contribution in [3.8, 4) is 0 Å². The van der Waals surface area contributed by atoms with Gasteiger partial charge in [0.05, 0.1) is 17.7 Å². The first-order valence-electron chi connectivity index (χ1n) is 22.7. The molecule has 1 N–H and O–H groups in total. The topological polar surface area (TPSA) is 192 Å². The van der Waals surface area contributed by atoms with Crippen molar-refractivity contribution in [2.45, 2.75) is 184 Å². The fraction of sp³-hybridized carbons (Fsp3) is 0.809. The predicted octanol–water partition coefficient (Wildman–Crippen LogP) is 6.74. The summed E-state index contributed by atoms with van der Waals surface area (Å²) in [4.78, 5) is 63.6. The second-order valence-corrected chi connectivity index (χ2v) is 21.6. The van der Waals surface area contributed by atoms with Crippen molar-refractivity contribution in [1.29, 1.82) is 0 Å². The lowest BCUT2D eigenvalue weighted by molar-refractivity contribution is -0.270. The van der Waals surface area contributed by atoms with Crippen molar-refractivity contribution in [3.05, 3.63) is 23.5 Å². The summed E-state index contributed by atoms with van der Waals surface area (Å²) in [5, 5.41) is 19.7. The minimum absolute atomic E-state index is 0.0266. The van der Waals surface area contributed by atoms with Crippen LogP contribution in [0.2, 0.25) is 0 Å². The van der Waals surface area contributed by atoms with Gasteiger partial charge in [0.1, 0.15) is 25.0 Å². The van der Waals surface area contributed by atoms with Gasteiger partial charge in [-0.2, -0.15) is 0 Å². The minimum Gasteiger partial charge on any atom is -0.463 e. The Kier molecular flexibility index (Phi) is 12.1. The maximum absolute atomic E-state index is 14.8. The van der Waals surface area contributed by atoms with Gasteiger partial charge in [0.15, 0.2) is 24.5 Å². The van der Waals surface area contributed by atoms with E-state index >= 15 is 0 Å². The quantitative estimate of drug-likeness (QED) is 0.156. The molecule has 0 radical (unpaired) electrons. The largest absolute Gasteiger partial charge is 0.463 e. The zero-order valence-corrected chi connectivity index (χ0v) is 38.6. The zero-order valence-electron chi connectivity index (χ0n) is 38.6. The summed E-state index contributed by atoms with van der Waals surface area (Å²) in [6.07, 6.45) is 6.43. The molecule has 5 aliphatic carbocycles. The number of aromatic nitrogens is 3. The predicted molar refractivity (Wildman–Crippen MR) is 222 cm³/mol. The average molecular weight is 868 g/mol. The number of carbonyl (C=O) groups is 5. The van der Waals surface area contributed by atoms with Crippen LogP contribution in [0.3, 0.4) is 0 Å². The fourth-order valence-corrected chi connectivity index (χ4v) is 13.8. The third-order valence-corrected chi connectivity index (χ3v) is 17.2. The van der Waals surface area contributed by atoms with Crippen molar-refractivity contribution in [2.24, 2.45) is 50.2 Å². The van der Waals surface area contributed by atoms with Crippen molar-refractivity contribution in [1.82, 2.24) is 15.0 Å². The van der Waals surface area contributed by atoms with Gasteiger partial charge in [-0.25, -0.2) is 4.68 Å². The SMILES string of the molecule is CC(=O)OC[C@H]1O[C@@H](n2cc(COC(=O)[C@]34CCC(C)(C)C[C@H]3C3=CC[C@@H]5[C@@]6(C)CC[C@H](O)C(C)(C)[C@@H]6CC[C@@]5(C)[C@]3(C)CC4)nn2)[C@H](OC(C)=O)[C@@H](OC(C)=O)[C@@H]1OC(C)=O. The van der Waals surface area contributed by atoms with Crippen LogP contribution in [0.25, 0.3) is 0 Å². The molecule has 0 spiro atoms. The van der Waals surface area contributed by atoms with E-state index in [4.69, 9.17) is 28.4 Å². The number of hydrogen-bond acceptors (Lipinski definition) is 14. The normalized spacial score (nSPS) is 40.5. The summed E-state index contributed by atoms with van der Waals surface area (Å²) in [6, 6.07) is 0. The Hall–Kier alpha value is -3.85. The van der Waals surface area contributed by atoms with Crippen LogP contribution in [-0.4, -0.2) is 87.1 Å². The maximum atomic E-state index is 14.8.